The average molecular weight is 510 g/mol. The summed E-state index contributed by atoms with van der Waals surface area (Å²) in [5.74, 6) is -2.39. The number of nitriles is 1. The van der Waals surface area contributed by atoms with Gasteiger partial charge in [-0.25, -0.2) is 0 Å². The number of benzene rings is 2. The lowest BCUT2D eigenvalue weighted by Crippen LogP contribution is -2.34. The lowest BCUT2D eigenvalue weighted by Gasteiger charge is -2.09. The summed E-state index contributed by atoms with van der Waals surface area (Å²) in [6.45, 7) is 3.65. The Morgan fingerprint density at radius 3 is 2.30 bits per heavy atom. The summed E-state index contributed by atoms with van der Waals surface area (Å²) in [5, 5.41) is 16.4. The molecule has 3 amide bonds. The van der Waals surface area contributed by atoms with Gasteiger partial charge < -0.3 is 20.4 Å². The van der Waals surface area contributed by atoms with Crippen molar-refractivity contribution in [3.05, 3.63) is 88.4 Å². The van der Waals surface area contributed by atoms with Gasteiger partial charge in [-0.15, -0.1) is 0 Å². The molecule has 0 spiro atoms. The first kappa shape index (κ1) is 26.7. The minimum absolute atomic E-state index is 0.0829. The van der Waals surface area contributed by atoms with Crippen LogP contribution in [-0.2, 0) is 27.1 Å². The molecule has 3 N–H and O–H groups in total. The molecule has 11 heteroatoms. The number of rotatable bonds is 6. The van der Waals surface area contributed by atoms with Gasteiger partial charge in [-0.05, 0) is 67.4 Å². The molecule has 0 aliphatic heterocycles. The molecule has 0 aliphatic carbocycles. The van der Waals surface area contributed by atoms with E-state index in [2.05, 4.69) is 16.0 Å². The molecule has 0 radical (unpaired) electrons. The Bertz CT molecular complexity index is 1420. The number of anilines is 2. The quantitative estimate of drug-likeness (QED) is 0.252. The molecule has 3 aromatic rings. The molecular formula is C26H21F3N4O4. The molecule has 1 aromatic heterocycles. The maximum atomic E-state index is 12.9. The van der Waals surface area contributed by atoms with Crippen LogP contribution in [0.2, 0.25) is 0 Å². The third-order valence-corrected chi connectivity index (χ3v) is 5.18. The lowest BCUT2D eigenvalue weighted by atomic mass is 10.1. The number of hydrogen-bond acceptors (Lipinski definition) is 5. The van der Waals surface area contributed by atoms with Crippen molar-refractivity contribution in [2.24, 2.45) is 0 Å². The van der Waals surface area contributed by atoms with E-state index in [0.29, 0.717) is 5.69 Å². The average Bonchev–Trinajstić information content (AvgIpc) is 3.30. The summed E-state index contributed by atoms with van der Waals surface area (Å²) in [6, 6.07) is 13.8. The van der Waals surface area contributed by atoms with E-state index in [-0.39, 0.29) is 23.8 Å². The normalized spacial score (nSPS) is 11.4. The predicted octanol–water partition coefficient (Wildman–Crippen LogP) is 4.72. The van der Waals surface area contributed by atoms with Crippen LogP contribution in [-0.4, -0.2) is 17.7 Å². The smallest absolute Gasteiger partial charge is 0.416 e. The Labute approximate surface area is 209 Å². The predicted molar refractivity (Wildman–Crippen MR) is 129 cm³/mol. The molecule has 37 heavy (non-hydrogen) atoms. The van der Waals surface area contributed by atoms with Crippen LogP contribution in [0.1, 0.15) is 28.2 Å². The van der Waals surface area contributed by atoms with Gasteiger partial charge in [-0.3, -0.25) is 14.4 Å². The highest BCUT2D eigenvalue weighted by Crippen LogP contribution is 2.30. The van der Waals surface area contributed by atoms with Gasteiger partial charge in [0.25, 0.3) is 5.91 Å². The Hall–Kier alpha value is -4.85. The molecule has 1 heterocycles. The van der Waals surface area contributed by atoms with Crippen LogP contribution >= 0.6 is 0 Å². The van der Waals surface area contributed by atoms with Gasteiger partial charge in [-0.1, -0.05) is 12.1 Å². The van der Waals surface area contributed by atoms with E-state index in [1.54, 1.807) is 18.2 Å². The zero-order valence-corrected chi connectivity index (χ0v) is 19.7. The van der Waals surface area contributed by atoms with Crippen LogP contribution in [0.25, 0.3) is 6.08 Å². The largest absolute Gasteiger partial charge is 0.460 e. The molecule has 0 atom stereocenters. The van der Waals surface area contributed by atoms with Crippen molar-refractivity contribution in [3.8, 4) is 6.07 Å². The van der Waals surface area contributed by atoms with Gasteiger partial charge in [0.15, 0.2) is 0 Å². The molecule has 190 valence electrons. The molecule has 0 saturated heterocycles. The van der Waals surface area contributed by atoms with Gasteiger partial charge in [0, 0.05) is 17.5 Å². The second-order valence-corrected chi connectivity index (χ2v) is 7.94. The summed E-state index contributed by atoms with van der Waals surface area (Å²) in [7, 11) is 0. The molecule has 0 aliphatic rings. The topological polar surface area (TPSA) is 124 Å². The number of carbonyl (C=O) groups excluding carboxylic acids is 3. The second kappa shape index (κ2) is 11.3. The second-order valence-electron chi connectivity index (χ2n) is 7.94. The fourth-order valence-corrected chi connectivity index (χ4v) is 3.08. The SMILES string of the molecule is Cc1ccc(NC(=O)C(=O)NCc2ccc(/C=C(/C#N)C(=O)Nc3cccc(C(F)(F)F)c3)o2)cc1C. The molecule has 0 bridgehead atoms. The molecule has 3 rings (SSSR count). The van der Waals surface area contributed by atoms with Gasteiger partial charge in [0.1, 0.15) is 23.2 Å². The fraction of sp³-hybridized carbons (Fsp3) is 0.154. The van der Waals surface area contributed by atoms with E-state index < -0.39 is 35.0 Å². The summed E-state index contributed by atoms with van der Waals surface area (Å²) < 4.78 is 44.1. The van der Waals surface area contributed by atoms with Crippen LogP contribution in [0.5, 0.6) is 0 Å². The number of nitrogens with one attached hydrogen (secondary N) is 3. The molecule has 2 aromatic carbocycles. The van der Waals surface area contributed by atoms with Crippen molar-refractivity contribution < 1.29 is 32.0 Å². The zero-order valence-electron chi connectivity index (χ0n) is 19.7. The van der Waals surface area contributed by atoms with Crippen molar-refractivity contribution in [1.29, 1.82) is 5.26 Å². The van der Waals surface area contributed by atoms with Gasteiger partial charge in [0.2, 0.25) is 0 Å². The minimum atomic E-state index is -4.59. The van der Waals surface area contributed by atoms with Crippen LogP contribution in [0.4, 0.5) is 24.5 Å². The van der Waals surface area contributed by atoms with Crippen molar-refractivity contribution in [2.75, 3.05) is 10.6 Å². The van der Waals surface area contributed by atoms with Crippen LogP contribution in [0, 0.1) is 25.2 Å². The third-order valence-electron chi connectivity index (χ3n) is 5.18. The first-order valence-electron chi connectivity index (χ1n) is 10.8. The molecule has 0 unspecified atom stereocenters. The van der Waals surface area contributed by atoms with Crippen molar-refractivity contribution in [1.82, 2.24) is 5.32 Å². The van der Waals surface area contributed by atoms with Crippen molar-refractivity contribution >= 4 is 35.2 Å². The maximum absolute atomic E-state index is 12.9. The van der Waals surface area contributed by atoms with E-state index in [1.807, 2.05) is 19.9 Å². The highest BCUT2D eigenvalue weighted by Gasteiger charge is 2.30. The maximum Gasteiger partial charge on any atom is 0.416 e. The van der Waals surface area contributed by atoms with Gasteiger partial charge >= 0.3 is 18.0 Å². The minimum Gasteiger partial charge on any atom is -0.460 e. The van der Waals surface area contributed by atoms with E-state index in [9.17, 15) is 32.8 Å². The monoisotopic (exact) mass is 510 g/mol. The Balaban J connectivity index is 1.59. The highest BCUT2D eigenvalue weighted by molar-refractivity contribution is 6.39. The summed E-state index contributed by atoms with van der Waals surface area (Å²) in [6.07, 6.45) is -3.49. The molecular weight excluding hydrogens is 489 g/mol. The number of furan rings is 1. The Morgan fingerprint density at radius 1 is 0.919 bits per heavy atom. The fourth-order valence-electron chi connectivity index (χ4n) is 3.08. The van der Waals surface area contributed by atoms with Crippen LogP contribution < -0.4 is 16.0 Å². The number of nitrogens with zero attached hydrogens (tertiary/aromatic N) is 1. The van der Waals surface area contributed by atoms with Gasteiger partial charge in [0.05, 0.1) is 12.1 Å². The van der Waals surface area contributed by atoms with E-state index >= 15 is 0 Å². The summed E-state index contributed by atoms with van der Waals surface area (Å²) in [5.41, 5.74) is 0.958. The number of aryl methyl sites for hydroxylation is 2. The number of hydrogen-bond donors (Lipinski definition) is 3. The van der Waals surface area contributed by atoms with Crippen LogP contribution in [0.15, 0.2) is 64.6 Å². The van der Waals surface area contributed by atoms with Gasteiger partial charge in [-0.2, -0.15) is 18.4 Å². The summed E-state index contributed by atoms with van der Waals surface area (Å²) >= 11 is 0. The number of amides is 3. The first-order chi connectivity index (χ1) is 17.5. The molecule has 8 nitrogen and oxygen atoms in total. The standard InChI is InChI=1S/C26H21F3N4O4/c1-15-6-7-20(10-16(15)2)33-25(36)24(35)31-14-22-9-8-21(37-22)11-17(13-30)23(34)32-19-5-3-4-18(12-19)26(27,28)29/h3-12H,14H2,1-2H3,(H,31,35)(H,32,34)(H,33,36)/b17-11-. The van der Waals surface area contributed by atoms with E-state index in [1.165, 1.54) is 18.2 Å². The Kier molecular flexibility index (Phi) is 8.14. The number of alkyl halides is 3. The number of carbonyl (C=O) groups is 3. The molecule has 0 fully saturated rings. The Morgan fingerprint density at radius 2 is 1.62 bits per heavy atom. The highest BCUT2D eigenvalue weighted by atomic mass is 19.4. The first-order valence-corrected chi connectivity index (χ1v) is 10.8. The summed E-state index contributed by atoms with van der Waals surface area (Å²) in [4.78, 5) is 36.6. The van der Waals surface area contributed by atoms with E-state index in [0.717, 1.165) is 35.4 Å². The van der Waals surface area contributed by atoms with Crippen molar-refractivity contribution in [2.45, 2.75) is 26.6 Å². The lowest BCUT2D eigenvalue weighted by molar-refractivity contribution is -0.137. The number of halogens is 3. The van der Waals surface area contributed by atoms with Crippen molar-refractivity contribution in [3.63, 3.8) is 0 Å². The van der Waals surface area contributed by atoms with Crippen LogP contribution in [0.3, 0.4) is 0 Å². The molecule has 0 saturated carbocycles. The zero-order chi connectivity index (χ0) is 27.2. The third kappa shape index (κ3) is 7.32. The van der Waals surface area contributed by atoms with E-state index in [4.69, 9.17) is 4.42 Å².